The van der Waals surface area contributed by atoms with Gasteiger partial charge in [0.2, 0.25) is 9.84 Å². The second-order valence-corrected chi connectivity index (χ2v) is 7.86. The third kappa shape index (κ3) is 4.19. The third-order valence-corrected chi connectivity index (χ3v) is 5.76. The number of anilines is 1. The number of aromatic nitrogens is 2. The smallest absolute Gasteiger partial charge is 0.276 e. The summed E-state index contributed by atoms with van der Waals surface area (Å²) in [4.78, 5) is 33.5. The van der Waals surface area contributed by atoms with Gasteiger partial charge in [0.25, 0.3) is 17.2 Å². The Bertz CT molecular complexity index is 1250. The number of benzene rings is 2. The van der Waals surface area contributed by atoms with Crippen molar-refractivity contribution in [2.24, 2.45) is 7.05 Å². The second-order valence-electron chi connectivity index (χ2n) is 5.91. The molecule has 10 nitrogen and oxygen atoms in total. The van der Waals surface area contributed by atoms with Gasteiger partial charge in [-0.2, -0.15) is 5.10 Å². The van der Waals surface area contributed by atoms with Gasteiger partial charge in [0.05, 0.1) is 14.7 Å². The molecular weight excluding hydrogens is 400 g/mol. The van der Waals surface area contributed by atoms with Gasteiger partial charge in [0, 0.05) is 30.9 Å². The van der Waals surface area contributed by atoms with Crippen molar-refractivity contribution >= 4 is 27.1 Å². The summed E-state index contributed by atoms with van der Waals surface area (Å²) >= 11 is 0. The minimum Gasteiger partial charge on any atom is -0.321 e. The number of nitro benzene ring substituents is 1. The Morgan fingerprint density at radius 2 is 1.55 bits per heavy atom. The highest BCUT2D eigenvalue weighted by Crippen LogP contribution is 2.24. The van der Waals surface area contributed by atoms with Gasteiger partial charge in [0.1, 0.15) is 5.69 Å². The predicted molar refractivity (Wildman–Crippen MR) is 102 cm³/mol. The molecule has 1 heterocycles. The molecule has 0 aliphatic rings. The highest BCUT2D eigenvalue weighted by molar-refractivity contribution is 7.91. The molecule has 0 atom stereocenters. The molecule has 3 aromatic rings. The van der Waals surface area contributed by atoms with Crippen molar-refractivity contribution in [1.82, 2.24) is 9.78 Å². The van der Waals surface area contributed by atoms with E-state index in [0.717, 1.165) is 28.9 Å². The zero-order valence-electron chi connectivity index (χ0n) is 15.0. The standard InChI is InChI=1S/C18H14N4O6S/c1-21-17(23)11-10-16(20-21)18(24)19-12-2-6-14(7-3-12)29(27,28)15-8-4-13(5-9-15)22(25)26/h2-11H,1H3,(H,19,24). The number of hydrogen-bond acceptors (Lipinski definition) is 7. The SMILES string of the molecule is Cn1nc(C(=O)Nc2ccc(S(=O)(=O)c3ccc([N+](=O)[O-])cc3)cc2)ccc1=O. The first-order valence-corrected chi connectivity index (χ1v) is 9.62. The lowest BCUT2D eigenvalue weighted by molar-refractivity contribution is -0.384. The molecule has 148 valence electrons. The van der Waals surface area contributed by atoms with E-state index in [2.05, 4.69) is 10.4 Å². The number of aryl methyl sites for hydroxylation is 1. The fourth-order valence-corrected chi connectivity index (χ4v) is 3.68. The first-order chi connectivity index (χ1) is 13.7. The van der Waals surface area contributed by atoms with Gasteiger partial charge in [0.15, 0.2) is 0 Å². The Labute approximate surface area is 164 Å². The van der Waals surface area contributed by atoms with Gasteiger partial charge in [-0.3, -0.25) is 19.7 Å². The van der Waals surface area contributed by atoms with Gasteiger partial charge in [-0.1, -0.05) is 0 Å². The van der Waals surface area contributed by atoms with Gasteiger partial charge < -0.3 is 5.32 Å². The number of hydrogen-bond donors (Lipinski definition) is 1. The van der Waals surface area contributed by atoms with Crippen LogP contribution in [0.5, 0.6) is 0 Å². The number of carbonyl (C=O) groups is 1. The number of nitrogens with zero attached hydrogens (tertiary/aromatic N) is 3. The van der Waals surface area contributed by atoms with Crippen LogP contribution < -0.4 is 10.9 Å². The molecule has 0 unspecified atom stereocenters. The van der Waals surface area contributed by atoms with Crippen LogP contribution in [-0.4, -0.2) is 29.0 Å². The minimum atomic E-state index is -3.87. The lowest BCUT2D eigenvalue weighted by Crippen LogP contribution is -2.23. The molecule has 1 N–H and O–H groups in total. The number of sulfone groups is 1. The number of nitro groups is 1. The summed E-state index contributed by atoms with van der Waals surface area (Å²) in [6.45, 7) is 0. The fourth-order valence-electron chi connectivity index (χ4n) is 2.42. The topological polar surface area (TPSA) is 141 Å². The van der Waals surface area contributed by atoms with Crippen LogP contribution in [0.4, 0.5) is 11.4 Å². The normalized spacial score (nSPS) is 11.1. The number of rotatable bonds is 5. The molecule has 1 aromatic heterocycles. The number of carbonyl (C=O) groups excluding carboxylic acids is 1. The van der Waals surface area contributed by atoms with E-state index in [9.17, 15) is 28.1 Å². The van der Waals surface area contributed by atoms with Crippen LogP contribution in [0, 0.1) is 10.1 Å². The van der Waals surface area contributed by atoms with Crippen LogP contribution in [-0.2, 0) is 16.9 Å². The summed E-state index contributed by atoms with van der Waals surface area (Å²) < 4.78 is 26.3. The van der Waals surface area contributed by atoms with E-state index in [1.54, 1.807) is 0 Å². The van der Waals surface area contributed by atoms with Crippen molar-refractivity contribution in [3.63, 3.8) is 0 Å². The quantitative estimate of drug-likeness (QED) is 0.495. The lowest BCUT2D eigenvalue weighted by Gasteiger charge is -2.08. The van der Waals surface area contributed by atoms with Crippen molar-refractivity contribution in [2.45, 2.75) is 9.79 Å². The van der Waals surface area contributed by atoms with Crippen LogP contribution in [0.25, 0.3) is 0 Å². The van der Waals surface area contributed by atoms with E-state index in [4.69, 9.17) is 0 Å². The summed E-state index contributed by atoms with van der Waals surface area (Å²) in [5.41, 5.74) is -0.223. The molecule has 0 aliphatic heterocycles. The van der Waals surface area contributed by atoms with E-state index in [1.807, 2.05) is 0 Å². The average molecular weight is 414 g/mol. The Kier molecular flexibility index (Phi) is 5.24. The van der Waals surface area contributed by atoms with Crippen molar-refractivity contribution in [2.75, 3.05) is 5.32 Å². The van der Waals surface area contributed by atoms with Gasteiger partial charge in [-0.25, -0.2) is 13.1 Å². The van der Waals surface area contributed by atoms with Gasteiger partial charge in [-0.15, -0.1) is 0 Å². The Morgan fingerprint density at radius 3 is 2.07 bits per heavy atom. The van der Waals surface area contributed by atoms with Crippen LogP contribution in [0.15, 0.2) is 75.2 Å². The zero-order chi connectivity index (χ0) is 21.2. The number of nitrogens with one attached hydrogen (secondary N) is 1. The molecule has 3 rings (SSSR count). The Morgan fingerprint density at radius 1 is 1.00 bits per heavy atom. The molecule has 1 amide bonds. The average Bonchev–Trinajstić information content (AvgIpc) is 2.70. The van der Waals surface area contributed by atoms with Crippen LogP contribution >= 0.6 is 0 Å². The molecule has 0 saturated heterocycles. The lowest BCUT2D eigenvalue weighted by atomic mass is 10.3. The maximum absolute atomic E-state index is 12.6. The van der Waals surface area contributed by atoms with E-state index < -0.39 is 20.7 Å². The summed E-state index contributed by atoms with van der Waals surface area (Å²) in [5, 5.41) is 17.1. The predicted octanol–water partition coefficient (Wildman–Crippen LogP) is 1.77. The summed E-state index contributed by atoms with van der Waals surface area (Å²) in [7, 11) is -2.46. The van der Waals surface area contributed by atoms with Crippen molar-refractivity contribution in [3.8, 4) is 0 Å². The van der Waals surface area contributed by atoms with Crippen molar-refractivity contribution < 1.29 is 18.1 Å². The van der Waals surface area contributed by atoms with E-state index >= 15 is 0 Å². The summed E-state index contributed by atoms with van der Waals surface area (Å²) in [5.74, 6) is -0.563. The number of non-ortho nitro benzene ring substituents is 1. The van der Waals surface area contributed by atoms with Crippen LogP contribution in [0.2, 0.25) is 0 Å². The zero-order valence-corrected chi connectivity index (χ0v) is 15.8. The van der Waals surface area contributed by atoms with Crippen molar-refractivity contribution in [1.29, 1.82) is 0 Å². The van der Waals surface area contributed by atoms with Crippen LogP contribution in [0.1, 0.15) is 10.5 Å². The molecule has 0 bridgehead atoms. The first kappa shape index (κ1) is 19.9. The molecule has 0 saturated carbocycles. The molecule has 0 spiro atoms. The van der Waals surface area contributed by atoms with E-state index in [-0.39, 0.29) is 26.7 Å². The summed E-state index contributed by atoms with van der Waals surface area (Å²) in [6, 6.07) is 12.5. The Balaban J connectivity index is 1.80. The van der Waals surface area contributed by atoms with E-state index in [0.29, 0.717) is 5.69 Å². The largest absolute Gasteiger partial charge is 0.321 e. The third-order valence-electron chi connectivity index (χ3n) is 3.97. The second kappa shape index (κ2) is 7.64. The van der Waals surface area contributed by atoms with Gasteiger partial charge >= 0.3 is 0 Å². The fraction of sp³-hybridized carbons (Fsp3) is 0.0556. The molecule has 11 heteroatoms. The van der Waals surface area contributed by atoms with E-state index in [1.165, 1.54) is 43.4 Å². The first-order valence-electron chi connectivity index (χ1n) is 8.14. The van der Waals surface area contributed by atoms with Crippen molar-refractivity contribution in [3.05, 3.63) is 86.8 Å². The van der Waals surface area contributed by atoms with Gasteiger partial charge in [-0.05, 0) is 42.5 Å². The Hall–Kier alpha value is -3.86. The highest BCUT2D eigenvalue weighted by Gasteiger charge is 2.19. The number of amides is 1. The molecule has 2 aromatic carbocycles. The maximum Gasteiger partial charge on any atom is 0.276 e. The molecule has 0 aliphatic carbocycles. The molecule has 0 fully saturated rings. The highest BCUT2D eigenvalue weighted by atomic mass is 32.2. The van der Waals surface area contributed by atoms with Crippen LogP contribution in [0.3, 0.4) is 0 Å². The maximum atomic E-state index is 12.6. The molecule has 29 heavy (non-hydrogen) atoms. The molecule has 0 radical (unpaired) electrons. The summed E-state index contributed by atoms with van der Waals surface area (Å²) in [6.07, 6.45) is 0. The molecular formula is C18H14N4O6S. The minimum absolute atomic E-state index is 0.0228. The monoisotopic (exact) mass is 414 g/mol.